The molecule has 1 N–H and O–H groups in total. The number of anilines is 1. The van der Waals surface area contributed by atoms with Gasteiger partial charge in [-0.3, -0.25) is 9.69 Å². The van der Waals surface area contributed by atoms with E-state index < -0.39 is 0 Å². The molecule has 0 aromatic heterocycles. The number of benzene rings is 1. The van der Waals surface area contributed by atoms with Gasteiger partial charge in [0, 0.05) is 18.3 Å². The SMILES string of the molecule is Cc1ccc(NC(=O)CN2CCCC(N(C)C)CC2)cc1F. The van der Waals surface area contributed by atoms with Crippen molar-refractivity contribution in [1.82, 2.24) is 9.80 Å². The fraction of sp³-hybridized carbons (Fsp3) is 0.588. The molecule has 1 saturated heterocycles. The summed E-state index contributed by atoms with van der Waals surface area (Å²) in [6.07, 6.45) is 3.36. The molecule has 1 aromatic carbocycles. The fourth-order valence-corrected chi connectivity index (χ4v) is 2.89. The number of amides is 1. The number of carbonyl (C=O) groups excluding carboxylic acids is 1. The molecule has 5 heteroatoms. The molecule has 0 bridgehead atoms. The maximum Gasteiger partial charge on any atom is 0.238 e. The lowest BCUT2D eigenvalue weighted by Gasteiger charge is -2.23. The zero-order valence-corrected chi connectivity index (χ0v) is 13.7. The van der Waals surface area contributed by atoms with E-state index in [1.54, 1.807) is 19.1 Å². The van der Waals surface area contributed by atoms with E-state index in [1.165, 1.54) is 12.5 Å². The van der Waals surface area contributed by atoms with Crippen molar-refractivity contribution >= 4 is 11.6 Å². The molecule has 1 amide bonds. The average molecular weight is 307 g/mol. The minimum absolute atomic E-state index is 0.0773. The van der Waals surface area contributed by atoms with E-state index >= 15 is 0 Å². The molecular weight excluding hydrogens is 281 g/mol. The number of rotatable bonds is 4. The Morgan fingerprint density at radius 3 is 2.82 bits per heavy atom. The van der Waals surface area contributed by atoms with Crippen LogP contribution in [0.3, 0.4) is 0 Å². The third-order valence-electron chi connectivity index (χ3n) is 4.34. The lowest BCUT2D eigenvalue weighted by atomic mass is 10.1. The quantitative estimate of drug-likeness (QED) is 0.928. The predicted octanol–water partition coefficient (Wildman–Crippen LogP) is 2.49. The second-order valence-corrected chi connectivity index (χ2v) is 6.34. The highest BCUT2D eigenvalue weighted by atomic mass is 19.1. The number of hydrogen-bond acceptors (Lipinski definition) is 3. The second kappa shape index (κ2) is 7.70. The lowest BCUT2D eigenvalue weighted by molar-refractivity contribution is -0.117. The van der Waals surface area contributed by atoms with Crippen LogP contribution in [0.1, 0.15) is 24.8 Å². The van der Waals surface area contributed by atoms with E-state index in [0.29, 0.717) is 23.8 Å². The highest BCUT2D eigenvalue weighted by Crippen LogP contribution is 2.16. The Hall–Kier alpha value is -1.46. The van der Waals surface area contributed by atoms with Gasteiger partial charge < -0.3 is 10.2 Å². The summed E-state index contributed by atoms with van der Waals surface area (Å²) in [7, 11) is 4.22. The normalized spacial score (nSPS) is 20.0. The topological polar surface area (TPSA) is 35.6 Å². The molecule has 1 atom stereocenters. The first-order chi connectivity index (χ1) is 10.5. The van der Waals surface area contributed by atoms with E-state index in [1.807, 2.05) is 0 Å². The van der Waals surface area contributed by atoms with Crippen molar-refractivity contribution in [2.75, 3.05) is 39.0 Å². The van der Waals surface area contributed by atoms with Crippen LogP contribution in [0.4, 0.5) is 10.1 Å². The molecule has 0 spiro atoms. The van der Waals surface area contributed by atoms with Gasteiger partial charge in [-0.1, -0.05) is 6.07 Å². The fourth-order valence-electron chi connectivity index (χ4n) is 2.89. The van der Waals surface area contributed by atoms with Crippen molar-refractivity contribution in [2.24, 2.45) is 0 Å². The van der Waals surface area contributed by atoms with Crippen LogP contribution in [-0.4, -0.2) is 55.5 Å². The van der Waals surface area contributed by atoms with Crippen LogP contribution in [0.2, 0.25) is 0 Å². The van der Waals surface area contributed by atoms with E-state index in [4.69, 9.17) is 0 Å². The number of nitrogens with zero attached hydrogens (tertiary/aromatic N) is 2. The molecule has 0 radical (unpaired) electrons. The summed E-state index contributed by atoms with van der Waals surface area (Å²) >= 11 is 0. The van der Waals surface area contributed by atoms with E-state index in [9.17, 15) is 9.18 Å². The first-order valence-electron chi connectivity index (χ1n) is 7.90. The Balaban J connectivity index is 1.85. The standard InChI is InChI=1S/C17H26FN3O/c1-13-6-7-14(11-16(13)18)19-17(22)12-21-9-4-5-15(8-10-21)20(2)3/h6-7,11,15H,4-5,8-10,12H2,1-3H3,(H,19,22). The van der Waals surface area contributed by atoms with Crippen LogP contribution < -0.4 is 5.32 Å². The molecular formula is C17H26FN3O. The van der Waals surface area contributed by atoms with Crippen molar-refractivity contribution in [3.63, 3.8) is 0 Å². The van der Waals surface area contributed by atoms with Crippen LogP contribution in [0.15, 0.2) is 18.2 Å². The van der Waals surface area contributed by atoms with E-state index in [2.05, 4.69) is 29.2 Å². The van der Waals surface area contributed by atoms with Crippen LogP contribution >= 0.6 is 0 Å². The maximum absolute atomic E-state index is 13.5. The number of nitrogens with one attached hydrogen (secondary N) is 1. The molecule has 22 heavy (non-hydrogen) atoms. The molecule has 1 aliphatic heterocycles. The maximum atomic E-state index is 13.5. The number of carbonyl (C=O) groups is 1. The third kappa shape index (κ3) is 4.78. The number of hydrogen-bond donors (Lipinski definition) is 1. The van der Waals surface area contributed by atoms with Crippen molar-refractivity contribution in [1.29, 1.82) is 0 Å². The molecule has 1 aliphatic rings. The van der Waals surface area contributed by atoms with Crippen LogP contribution in [0.25, 0.3) is 0 Å². The minimum Gasteiger partial charge on any atom is -0.325 e. The van der Waals surface area contributed by atoms with Crippen molar-refractivity contribution in [2.45, 2.75) is 32.2 Å². The van der Waals surface area contributed by atoms with E-state index in [0.717, 1.165) is 25.9 Å². The largest absolute Gasteiger partial charge is 0.325 e. The molecule has 2 rings (SSSR count). The highest BCUT2D eigenvalue weighted by Gasteiger charge is 2.19. The summed E-state index contributed by atoms with van der Waals surface area (Å²) in [6, 6.07) is 5.39. The summed E-state index contributed by atoms with van der Waals surface area (Å²) in [6.45, 7) is 3.95. The van der Waals surface area contributed by atoms with Gasteiger partial charge in [0.05, 0.1) is 6.54 Å². The van der Waals surface area contributed by atoms with Crippen molar-refractivity contribution in [3.8, 4) is 0 Å². The zero-order chi connectivity index (χ0) is 16.1. The molecule has 122 valence electrons. The third-order valence-corrected chi connectivity index (χ3v) is 4.34. The van der Waals surface area contributed by atoms with Crippen LogP contribution in [-0.2, 0) is 4.79 Å². The van der Waals surface area contributed by atoms with Crippen LogP contribution in [0.5, 0.6) is 0 Å². The molecule has 0 saturated carbocycles. The van der Waals surface area contributed by atoms with Crippen molar-refractivity contribution in [3.05, 3.63) is 29.6 Å². The first kappa shape index (κ1) is 16.9. The molecule has 1 unspecified atom stereocenters. The average Bonchev–Trinajstić information content (AvgIpc) is 2.68. The summed E-state index contributed by atoms with van der Waals surface area (Å²) in [5.74, 6) is -0.368. The van der Waals surface area contributed by atoms with Gasteiger partial charge in [0.2, 0.25) is 5.91 Å². The molecule has 4 nitrogen and oxygen atoms in total. The van der Waals surface area contributed by atoms with E-state index in [-0.39, 0.29) is 11.7 Å². The van der Waals surface area contributed by atoms with Gasteiger partial charge in [0.25, 0.3) is 0 Å². The van der Waals surface area contributed by atoms with Gasteiger partial charge in [0.1, 0.15) is 5.82 Å². The van der Waals surface area contributed by atoms with Gasteiger partial charge in [-0.25, -0.2) is 4.39 Å². The van der Waals surface area contributed by atoms with Gasteiger partial charge in [-0.15, -0.1) is 0 Å². The van der Waals surface area contributed by atoms with Gasteiger partial charge in [0.15, 0.2) is 0 Å². The summed E-state index contributed by atoms with van der Waals surface area (Å²) in [5, 5.41) is 2.78. The summed E-state index contributed by atoms with van der Waals surface area (Å²) in [5.41, 5.74) is 1.11. The van der Waals surface area contributed by atoms with Gasteiger partial charge >= 0.3 is 0 Å². The Morgan fingerprint density at radius 2 is 2.14 bits per heavy atom. The molecule has 1 fully saturated rings. The van der Waals surface area contributed by atoms with Crippen molar-refractivity contribution < 1.29 is 9.18 Å². The van der Waals surface area contributed by atoms with Gasteiger partial charge in [-0.2, -0.15) is 0 Å². The van der Waals surface area contributed by atoms with Crippen LogP contribution in [0, 0.1) is 12.7 Å². The minimum atomic E-state index is -0.290. The van der Waals surface area contributed by atoms with Gasteiger partial charge in [-0.05, 0) is 64.5 Å². The molecule has 1 aromatic rings. The number of halogens is 1. The smallest absolute Gasteiger partial charge is 0.238 e. The molecule has 0 aliphatic carbocycles. The Labute approximate surface area is 132 Å². The monoisotopic (exact) mass is 307 g/mol. The second-order valence-electron chi connectivity index (χ2n) is 6.34. The lowest BCUT2D eigenvalue weighted by Crippen LogP contribution is -2.35. The number of likely N-dealkylation sites (tertiary alicyclic amines) is 1. The Bertz CT molecular complexity index is 519. The Morgan fingerprint density at radius 1 is 1.36 bits per heavy atom. The highest BCUT2D eigenvalue weighted by molar-refractivity contribution is 5.92. The predicted molar refractivity (Wildman–Crippen MR) is 87.5 cm³/mol. The number of aryl methyl sites for hydroxylation is 1. The summed E-state index contributed by atoms with van der Waals surface area (Å²) in [4.78, 5) is 16.6. The zero-order valence-electron chi connectivity index (χ0n) is 13.7. The Kier molecular flexibility index (Phi) is 5.91. The summed E-state index contributed by atoms with van der Waals surface area (Å²) < 4.78 is 13.5. The molecule has 1 heterocycles. The first-order valence-corrected chi connectivity index (χ1v) is 7.90.